The van der Waals surface area contributed by atoms with Crippen molar-refractivity contribution in [3.8, 4) is 0 Å². The molecule has 2 aliphatic carbocycles. The molecule has 2 aliphatic rings. The SMILES string of the molecule is CCC(O)OC12CCCC1CC2. The summed E-state index contributed by atoms with van der Waals surface area (Å²) in [6.07, 6.45) is 6.47. The lowest BCUT2D eigenvalue weighted by atomic mass is 9.71. The molecule has 0 saturated heterocycles. The van der Waals surface area contributed by atoms with E-state index in [-0.39, 0.29) is 5.60 Å². The summed E-state index contributed by atoms with van der Waals surface area (Å²) in [5.41, 5.74) is 0.107. The van der Waals surface area contributed by atoms with Crippen molar-refractivity contribution >= 4 is 0 Å². The molecule has 0 aromatic heterocycles. The van der Waals surface area contributed by atoms with Crippen molar-refractivity contribution in [2.24, 2.45) is 5.92 Å². The molecular formula is C10H18O2. The highest BCUT2D eigenvalue weighted by Gasteiger charge is 2.51. The van der Waals surface area contributed by atoms with Crippen LogP contribution in [0.3, 0.4) is 0 Å². The third-order valence-electron chi connectivity index (χ3n) is 3.53. The van der Waals surface area contributed by atoms with Gasteiger partial charge in [0.15, 0.2) is 6.29 Å². The van der Waals surface area contributed by atoms with Crippen molar-refractivity contribution < 1.29 is 9.84 Å². The number of hydrogen-bond acceptors (Lipinski definition) is 2. The summed E-state index contributed by atoms with van der Waals surface area (Å²) < 4.78 is 5.70. The van der Waals surface area contributed by atoms with Crippen LogP contribution in [0.5, 0.6) is 0 Å². The highest BCUT2D eigenvalue weighted by Crippen LogP contribution is 2.53. The minimum Gasteiger partial charge on any atom is -0.368 e. The highest BCUT2D eigenvalue weighted by atomic mass is 16.6. The molecule has 0 amide bonds. The molecule has 0 radical (unpaired) electrons. The molecule has 1 N–H and O–H groups in total. The van der Waals surface area contributed by atoms with Gasteiger partial charge in [-0.3, -0.25) is 0 Å². The molecule has 2 fully saturated rings. The molecule has 0 bridgehead atoms. The Morgan fingerprint density at radius 3 is 2.83 bits per heavy atom. The third-order valence-corrected chi connectivity index (χ3v) is 3.53. The summed E-state index contributed by atoms with van der Waals surface area (Å²) in [5.74, 6) is 0.763. The van der Waals surface area contributed by atoms with Crippen LogP contribution in [0.15, 0.2) is 0 Å². The van der Waals surface area contributed by atoms with Gasteiger partial charge in [0, 0.05) is 0 Å². The lowest BCUT2D eigenvalue weighted by Crippen LogP contribution is -2.47. The third kappa shape index (κ3) is 1.17. The Labute approximate surface area is 73.9 Å². The first-order chi connectivity index (χ1) is 5.77. The van der Waals surface area contributed by atoms with Crippen molar-refractivity contribution in [3.63, 3.8) is 0 Å². The maximum atomic E-state index is 9.41. The van der Waals surface area contributed by atoms with Crippen molar-refractivity contribution in [1.82, 2.24) is 0 Å². The Morgan fingerprint density at radius 1 is 1.50 bits per heavy atom. The molecule has 2 saturated carbocycles. The molecule has 3 unspecified atom stereocenters. The lowest BCUT2D eigenvalue weighted by Gasteiger charge is -2.45. The maximum Gasteiger partial charge on any atom is 0.155 e. The highest BCUT2D eigenvalue weighted by molar-refractivity contribution is 5.02. The van der Waals surface area contributed by atoms with Gasteiger partial charge < -0.3 is 9.84 Å². The molecular weight excluding hydrogens is 152 g/mol. The van der Waals surface area contributed by atoms with E-state index in [1.807, 2.05) is 6.92 Å². The van der Waals surface area contributed by atoms with E-state index in [0.717, 1.165) is 5.92 Å². The molecule has 0 aromatic rings. The van der Waals surface area contributed by atoms with E-state index in [0.29, 0.717) is 6.42 Å². The summed E-state index contributed by atoms with van der Waals surface area (Å²) in [4.78, 5) is 0. The summed E-state index contributed by atoms with van der Waals surface area (Å²) >= 11 is 0. The number of fused-ring (bicyclic) bond motifs is 1. The first-order valence-electron chi connectivity index (χ1n) is 5.13. The first kappa shape index (κ1) is 8.52. The Hall–Kier alpha value is -0.0800. The van der Waals surface area contributed by atoms with Gasteiger partial charge in [-0.1, -0.05) is 13.3 Å². The van der Waals surface area contributed by atoms with Gasteiger partial charge in [0.05, 0.1) is 5.60 Å². The van der Waals surface area contributed by atoms with Gasteiger partial charge in [-0.2, -0.15) is 0 Å². The summed E-state index contributed by atoms with van der Waals surface area (Å²) in [6.45, 7) is 1.96. The zero-order valence-corrected chi connectivity index (χ0v) is 7.75. The topological polar surface area (TPSA) is 29.5 Å². The zero-order chi connectivity index (χ0) is 8.60. The predicted octanol–water partition coefficient (Wildman–Crippen LogP) is 2.06. The predicted molar refractivity (Wildman–Crippen MR) is 46.7 cm³/mol. The molecule has 12 heavy (non-hydrogen) atoms. The Morgan fingerprint density at radius 2 is 2.33 bits per heavy atom. The number of hydrogen-bond donors (Lipinski definition) is 1. The average Bonchev–Trinajstić information content (AvgIpc) is 2.31. The van der Waals surface area contributed by atoms with Gasteiger partial charge in [0.2, 0.25) is 0 Å². The fourth-order valence-corrected chi connectivity index (χ4v) is 2.62. The summed E-state index contributed by atoms with van der Waals surface area (Å²) in [5, 5.41) is 9.41. The maximum absolute atomic E-state index is 9.41. The molecule has 0 aliphatic heterocycles. The number of rotatable bonds is 3. The molecule has 2 nitrogen and oxygen atoms in total. The van der Waals surface area contributed by atoms with Crippen molar-refractivity contribution in [1.29, 1.82) is 0 Å². The number of aliphatic hydroxyl groups excluding tert-OH is 1. The van der Waals surface area contributed by atoms with E-state index in [9.17, 15) is 5.11 Å². The fraction of sp³-hybridized carbons (Fsp3) is 1.00. The zero-order valence-electron chi connectivity index (χ0n) is 7.75. The van der Waals surface area contributed by atoms with E-state index < -0.39 is 6.29 Å². The van der Waals surface area contributed by atoms with Gasteiger partial charge in [-0.15, -0.1) is 0 Å². The minimum atomic E-state index is -0.522. The second kappa shape index (κ2) is 3.00. The van der Waals surface area contributed by atoms with Crippen molar-refractivity contribution in [3.05, 3.63) is 0 Å². The van der Waals surface area contributed by atoms with E-state index in [1.54, 1.807) is 0 Å². The van der Waals surface area contributed by atoms with E-state index in [2.05, 4.69) is 0 Å². The fourth-order valence-electron chi connectivity index (χ4n) is 2.62. The van der Waals surface area contributed by atoms with Crippen LogP contribution in [-0.2, 0) is 4.74 Å². The van der Waals surface area contributed by atoms with Crippen LogP contribution in [0.4, 0.5) is 0 Å². The van der Waals surface area contributed by atoms with Gasteiger partial charge in [0.25, 0.3) is 0 Å². The van der Waals surface area contributed by atoms with Gasteiger partial charge in [0.1, 0.15) is 0 Å². The molecule has 0 heterocycles. The largest absolute Gasteiger partial charge is 0.368 e. The van der Waals surface area contributed by atoms with Gasteiger partial charge in [-0.05, 0) is 38.0 Å². The van der Waals surface area contributed by atoms with Crippen LogP contribution in [0.1, 0.15) is 45.4 Å². The van der Waals surface area contributed by atoms with Crippen LogP contribution in [0.25, 0.3) is 0 Å². The Kier molecular flexibility index (Phi) is 2.13. The quantitative estimate of drug-likeness (QED) is 0.657. The standard InChI is InChI=1S/C10H18O2/c1-2-9(11)12-10-6-3-4-8(10)5-7-10/h8-9,11H,2-7H2,1H3. The second-order valence-corrected chi connectivity index (χ2v) is 4.17. The van der Waals surface area contributed by atoms with Crippen LogP contribution in [0.2, 0.25) is 0 Å². The second-order valence-electron chi connectivity index (χ2n) is 4.17. The lowest BCUT2D eigenvalue weighted by molar-refractivity contribution is -0.230. The first-order valence-corrected chi connectivity index (χ1v) is 5.13. The summed E-state index contributed by atoms with van der Waals surface area (Å²) in [6, 6.07) is 0. The molecule has 3 atom stereocenters. The van der Waals surface area contributed by atoms with Crippen molar-refractivity contribution in [2.75, 3.05) is 0 Å². The van der Waals surface area contributed by atoms with E-state index in [1.165, 1.54) is 32.1 Å². The van der Waals surface area contributed by atoms with E-state index >= 15 is 0 Å². The molecule has 2 heteroatoms. The molecule has 0 aromatic carbocycles. The normalized spacial score (nSPS) is 42.0. The van der Waals surface area contributed by atoms with Gasteiger partial charge in [-0.25, -0.2) is 0 Å². The molecule has 2 rings (SSSR count). The molecule has 0 spiro atoms. The smallest absolute Gasteiger partial charge is 0.155 e. The van der Waals surface area contributed by atoms with Crippen LogP contribution >= 0.6 is 0 Å². The van der Waals surface area contributed by atoms with E-state index in [4.69, 9.17) is 4.74 Å². The average molecular weight is 170 g/mol. The Bertz CT molecular complexity index is 169. The monoisotopic (exact) mass is 170 g/mol. The van der Waals surface area contributed by atoms with Gasteiger partial charge >= 0.3 is 0 Å². The number of aliphatic hydroxyl groups is 1. The summed E-state index contributed by atoms with van der Waals surface area (Å²) in [7, 11) is 0. The molecule has 70 valence electrons. The Balaban J connectivity index is 1.93. The minimum absolute atomic E-state index is 0.107. The van der Waals surface area contributed by atoms with Crippen LogP contribution in [-0.4, -0.2) is 17.0 Å². The van der Waals surface area contributed by atoms with Crippen LogP contribution < -0.4 is 0 Å². The van der Waals surface area contributed by atoms with Crippen LogP contribution in [0, 0.1) is 5.92 Å². The van der Waals surface area contributed by atoms with Crippen molar-refractivity contribution in [2.45, 2.75) is 57.3 Å². The number of ether oxygens (including phenoxy) is 1.